The quantitative estimate of drug-likeness (QED) is 0.576. The Morgan fingerprint density at radius 3 is 2.43 bits per heavy atom. The Kier molecular flexibility index (Phi) is 6.11. The van der Waals surface area contributed by atoms with Gasteiger partial charge in [-0.15, -0.1) is 0 Å². The molecule has 4 rings (SSSR count). The first-order chi connectivity index (χ1) is 14.3. The van der Waals surface area contributed by atoms with Crippen molar-refractivity contribution in [3.05, 3.63) is 48.0 Å². The number of piperidine rings is 1. The number of hydrogen-bond acceptors (Lipinski definition) is 4. The van der Waals surface area contributed by atoms with Gasteiger partial charge in [0.2, 0.25) is 0 Å². The van der Waals surface area contributed by atoms with E-state index in [2.05, 4.69) is 4.90 Å². The fraction of sp³-hybridized carbons (Fsp3) is 0.435. The van der Waals surface area contributed by atoms with E-state index >= 15 is 0 Å². The lowest BCUT2D eigenvalue weighted by Crippen LogP contribution is -2.37. The van der Waals surface area contributed by atoms with Crippen LogP contribution < -0.4 is 4.90 Å². The van der Waals surface area contributed by atoms with E-state index in [9.17, 15) is 18.0 Å². The van der Waals surface area contributed by atoms with Gasteiger partial charge in [0.05, 0.1) is 16.9 Å². The molecule has 2 aromatic carbocycles. The van der Waals surface area contributed by atoms with Crippen molar-refractivity contribution in [3.8, 4) is 0 Å². The van der Waals surface area contributed by atoms with Crippen molar-refractivity contribution in [2.75, 3.05) is 31.1 Å². The van der Waals surface area contributed by atoms with Crippen LogP contribution in [0.3, 0.4) is 0 Å². The third-order valence-electron chi connectivity index (χ3n) is 5.97. The molecule has 0 radical (unpaired) electrons. The smallest absolute Gasteiger partial charge is 0.340 e. The van der Waals surface area contributed by atoms with Crippen molar-refractivity contribution in [2.45, 2.75) is 42.2 Å². The molecule has 0 unspecified atom stereocenters. The number of rotatable bonds is 5. The van der Waals surface area contributed by atoms with Crippen molar-refractivity contribution in [3.63, 3.8) is 0 Å². The standard InChI is InChI=1S/C23H25F3N2OS/c1-16(29)17-9-13-27(14-10-17)11-4-12-28-19-5-2-3-6-21(19)30-22-8-7-18(15-20(22)28)23(24,25)26/h2-3,5-8,15,17H,4,9-14H2,1H3. The van der Waals surface area contributed by atoms with E-state index in [0.29, 0.717) is 12.2 Å². The number of hydrogen-bond donors (Lipinski definition) is 0. The van der Waals surface area contributed by atoms with Gasteiger partial charge in [-0.2, -0.15) is 13.2 Å². The summed E-state index contributed by atoms with van der Waals surface area (Å²) in [5.41, 5.74) is 0.978. The summed E-state index contributed by atoms with van der Waals surface area (Å²) in [7, 11) is 0. The van der Waals surface area contributed by atoms with Crippen LogP contribution in [0.4, 0.5) is 24.5 Å². The molecule has 2 aliphatic heterocycles. The summed E-state index contributed by atoms with van der Waals surface area (Å²) in [5.74, 6) is 0.453. The zero-order chi connectivity index (χ0) is 21.3. The van der Waals surface area contributed by atoms with Crippen molar-refractivity contribution in [1.82, 2.24) is 4.90 Å². The van der Waals surface area contributed by atoms with Gasteiger partial charge in [-0.25, -0.2) is 0 Å². The predicted octanol–water partition coefficient (Wildman–Crippen LogP) is 6.00. The minimum Gasteiger partial charge on any atom is -0.340 e. The van der Waals surface area contributed by atoms with Crippen molar-refractivity contribution < 1.29 is 18.0 Å². The Balaban J connectivity index is 1.49. The van der Waals surface area contributed by atoms with Crippen LogP contribution in [0.5, 0.6) is 0 Å². The lowest BCUT2D eigenvalue weighted by Gasteiger charge is -2.35. The zero-order valence-electron chi connectivity index (χ0n) is 16.9. The van der Waals surface area contributed by atoms with E-state index in [1.165, 1.54) is 17.8 Å². The Bertz CT molecular complexity index is 923. The van der Waals surface area contributed by atoms with Gasteiger partial charge >= 0.3 is 6.18 Å². The number of fused-ring (bicyclic) bond motifs is 2. The third kappa shape index (κ3) is 4.52. The first-order valence-corrected chi connectivity index (χ1v) is 11.1. The molecule has 7 heteroatoms. The topological polar surface area (TPSA) is 23.6 Å². The van der Waals surface area contributed by atoms with Gasteiger partial charge in [0.15, 0.2) is 0 Å². The number of carbonyl (C=O) groups excluding carboxylic acids is 1. The largest absolute Gasteiger partial charge is 0.416 e. The molecule has 0 amide bonds. The monoisotopic (exact) mass is 434 g/mol. The normalized spacial score (nSPS) is 17.5. The maximum Gasteiger partial charge on any atom is 0.416 e. The van der Waals surface area contributed by atoms with E-state index in [4.69, 9.17) is 0 Å². The van der Waals surface area contributed by atoms with Gasteiger partial charge < -0.3 is 9.80 Å². The highest BCUT2D eigenvalue weighted by molar-refractivity contribution is 7.99. The maximum absolute atomic E-state index is 13.3. The van der Waals surface area contributed by atoms with E-state index < -0.39 is 11.7 Å². The Morgan fingerprint density at radius 2 is 1.73 bits per heavy atom. The summed E-state index contributed by atoms with van der Waals surface area (Å²) in [5, 5.41) is 0. The van der Waals surface area contributed by atoms with Crippen LogP contribution in [0.1, 0.15) is 31.7 Å². The fourth-order valence-electron chi connectivity index (χ4n) is 4.26. The highest BCUT2D eigenvalue weighted by atomic mass is 32.2. The summed E-state index contributed by atoms with van der Waals surface area (Å²) in [4.78, 5) is 17.8. The van der Waals surface area contributed by atoms with Crippen molar-refractivity contribution in [2.24, 2.45) is 5.92 Å². The van der Waals surface area contributed by atoms with Gasteiger partial charge in [-0.05, 0) is 76.2 Å². The molecular weight excluding hydrogens is 409 g/mol. The molecule has 30 heavy (non-hydrogen) atoms. The van der Waals surface area contributed by atoms with E-state index in [1.54, 1.807) is 13.0 Å². The lowest BCUT2D eigenvalue weighted by atomic mass is 9.93. The van der Waals surface area contributed by atoms with Gasteiger partial charge in [-0.3, -0.25) is 4.79 Å². The highest BCUT2D eigenvalue weighted by Gasteiger charge is 2.33. The van der Waals surface area contributed by atoms with Crippen LogP contribution >= 0.6 is 11.8 Å². The zero-order valence-corrected chi connectivity index (χ0v) is 17.7. The van der Waals surface area contributed by atoms with Crippen molar-refractivity contribution in [1.29, 1.82) is 0 Å². The average molecular weight is 435 g/mol. The van der Waals surface area contributed by atoms with Gasteiger partial charge in [-0.1, -0.05) is 23.9 Å². The minimum atomic E-state index is -4.36. The number of carbonyl (C=O) groups is 1. The number of para-hydroxylation sites is 1. The molecule has 0 saturated carbocycles. The second-order valence-corrected chi connectivity index (χ2v) is 9.07. The Morgan fingerprint density at radius 1 is 1.03 bits per heavy atom. The predicted molar refractivity (Wildman–Crippen MR) is 113 cm³/mol. The second kappa shape index (κ2) is 8.63. The number of benzene rings is 2. The summed E-state index contributed by atoms with van der Waals surface area (Å²) >= 11 is 1.52. The molecule has 0 aliphatic carbocycles. The van der Waals surface area contributed by atoms with Crippen LogP contribution in [0, 0.1) is 5.92 Å². The van der Waals surface area contributed by atoms with Gasteiger partial charge in [0.1, 0.15) is 5.78 Å². The molecule has 2 heterocycles. The van der Waals surface area contributed by atoms with Gasteiger partial charge in [0, 0.05) is 22.3 Å². The van der Waals surface area contributed by atoms with Gasteiger partial charge in [0.25, 0.3) is 0 Å². The summed E-state index contributed by atoms with van der Waals surface area (Å²) in [6.07, 6.45) is -1.71. The first-order valence-electron chi connectivity index (χ1n) is 10.3. The number of nitrogens with zero attached hydrogens (tertiary/aromatic N) is 2. The van der Waals surface area contributed by atoms with Crippen LogP contribution in [0.25, 0.3) is 0 Å². The second-order valence-electron chi connectivity index (χ2n) is 7.98. The molecule has 0 aromatic heterocycles. The maximum atomic E-state index is 13.3. The first kappa shape index (κ1) is 21.2. The van der Waals surface area contributed by atoms with Crippen LogP contribution in [0.15, 0.2) is 52.3 Å². The number of Topliss-reactive ketones (excluding diaryl/α,β-unsaturated/α-hetero) is 1. The van der Waals surface area contributed by atoms with E-state index in [0.717, 1.165) is 60.4 Å². The SMILES string of the molecule is CC(=O)C1CCN(CCCN2c3ccccc3Sc3ccc(C(F)(F)F)cc32)CC1. The Labute approximate surface area is 179 Å². The molecular formula is C23H25F3N2OS. The fourth-order valence-corrected chi connectivity index (χ4v) is 5.34. The summed E-state index contributed by atoms with van der Waals surface area (Å²) in [6.45, 7) is 5.01. The molecule has 0 atom stereocenters. The Hall–Kier alpha value is -1.99. The number of anilines is 2. The number of ketones is 1. The third-order valence-corrected chi connectivity index (χ3v) is 7.10. The van der Waals surface area contributed by atoms with E-state index in [1.807, 2.05) is 29.2 Å². The number of likely N-dealkylation sites (tertiary alicyclic amines) is 1. The summed E-state index contributed by atoms with van der Waals surface area (Å²) in [6, 6.07) is 11.9. The molecule has 0 N–H and O–H groups in total. The van der Waals surface area contributed by atoms with Crippen LogP contribution in [-0.4, -0.2) is 36.9 Å². The average Bonchev–Trinajstić information content (AvgIpc) is 2.72. The molecule has 0 bridgehead atoms. The molecule has 0 spiro atoms. The summed E-state index contributed by atoms with van der Waals surface area (Å²) < 4.78 is 39.9. The molecule has 1 fully saturated rings. The van der Waals surface area contributed by atoms with Crippen molar-refractivity contribution >= 4 is 28.9 Å². The molecule has 160 valence electrons. The van der Waals surface area contributed by atoms with E-state index in [-0.39, 0.29) is 11.7 Å². The highest BCUT2D eigenvalue weighted by Crippen LogP contribution is 2.49. The number of halogens is 3. The van der Waals surface area contributed by atoms with Crippen LogP contribution in [0.2, 0.25) is 0 Å². The van der Waals surface area contributed by atoms with Crippen LogP contribution in [-0.2, 0) is 11.0 Å². The molecule has 3 nitrogen and oxygen atoms in total. The lowest BCUT2D eigenvalue weighted by molar-refractivity contribution is -0.137. The molecule has 2 aliphatic rings. The minimum absolute atomic E-state index is 0.180. The molecule has 2 aromatic rings. The number of alkyl halides is 3. The molecule has 1 saturated heterocycles.